The Morgan fingerprint density at radius 3 is 2.42 bits per heavy atom. The Balaban J connectivity index is 0.00000121. The van der Waals surface area contributed by atoms with Crippen LogP contribution in [-0.4, -0.2) is 15.9 Å². The van der Waals surface area contributed by atoms with Crippen molar-refractivity contribution in [2.75, 3.05) is 7.11 Å². The van der Waals surface area contributed by atoms with Crippen molar-refractivity contribution in [1.29, 1.82) is 0 Å². The van der Waals surface area contributed by atoms with E-state index in [4.69, 9.17) is 4.74 Å². The van der Waals surface area contributed by atoms with Gasteiger partial charge in [-0.3, -0.25) is 4.21 Å². The van der Waals surface area contributed by atoms with Crippen LogP contribution in [0.2, 0.25) is 0 Å². The molecular weight excluding hydrogens is 272 g/mol. The zero-order valence-corrected chi connectivity index (χ0v) is 8.54. The third-order valence-corrected chi connectivity index (χ3v) is 1.95. The topological polar surface area (TPSA) is 49.4 Å². The summed E-state index contributed by atoms with van der Waals surface area (Å²) in [5.74, 6) is 0.376. The number of ether oxygens (including phenoxy) is 1. The van der Waals surface area contributed by atoms with Gasteiger partial charge in [0.1, 0.15) is 5.75 Å². The molecule has 5 heteroatoms. The summed E-state index contributed by atoms with van der Waals surface area (Å²) in [7, 11) is 1.44. The van der Waals surface area contributed by atoms with Gasteiger partial charge < -0.3 is 9.29 Å². The number of hydrogen-bond acceptors (Lipinski definition) is 3. The van der Waals surface area contributed by atoms with Crippen LogP contribution in [-0.2, 0) is 33.5 Å². The van der Waals surface area contributed by atoms with Crippen molar-refractivity contribution >= 4 is 11.1 Å². The smallest absolute Gasteiger partial charge is 0.768 e. The summed E-state index contributed by atoms with van der Waals surface area (Å²) in [6.07, 6.45) is 0. The molecule has 0 bridgehead atoms. The molecule has 1 unspecified atom stereocenters. The Labute approximate surface area is 88.9 Å². The van der Waals surface area contributed by atoms with E-state index in [1.807, 2.05) is 0 Å². The van der Waals surface area contributed by atoms with Crippen LogP contribution >= 0.6 is 0 Å². The first-order valence-electron chi connectivity index (χ1n) is 2.98. The van der Waals surface area contributed by atoms with Crippen LogP contribution in [0.4, 0.5) is 0 Å². The van der Waals surface area contributed by atoms with E-state index in [0.29, 0.717) is 5.75 Å². The zero-order valence-electron chi connectivity index (χ0n) is 6.24. The fraction of sp³-hybridized carbons (Fsp3) is 0.143. The van der Waals surface area contributed by atoms with E-state index in [1.54, 1.807) is 18.2 Å². The van der Waals surface area contributed by atoms with E-state index >= 15 is 0 Å². The summed E-state index contributed by atoms with van der Waals surface area (Å²) in [5, 5.41) is 0. The molecular formula is C7H7AgO3S. The average molecular weight is 279 g/mol. The molecule has 0 fully saturated rings. The van der Waals surface area contributed by atoms with Crippen molar-refractivity contribution in [1.82, 2.24) is 0 Å². The molecule has 0 N–H and O–H groups in total. The van der Waals surface area contributed by atoms with Gasteiger partial charge in [-0.25, -0.2) is 0 Å². The van der Waals surface area contributed by atoms with Crippen molar-refractivity contribution < 1.29 is 35.9 Å². The third-order valence-electron chi connectivity index (χ3n) is 1.25. The SMILES string of the molecule is COc1ccccc1S(=O)[O-].[Ag+]. The first kappa shape index (κ1) is 11.9. The Hall–Kier alpha value is -0.130. The van der Waals surface area contributed by atoms with Crippen LogP contribution in [0.1, 0.15) is 0 Å². The maximum atomic E-state index is 10.5. The van der Waals surface area contributed by atoms with Gasteiger partial charge in [0.25, 0.3) is 0 Å². The molecule has 1 aromatic carbocycles. The van der Waals surface area contributed by atoms with Crippen molar-refractivity contribution in [2.24, 2.45) is 0 Å². The molecule has 1 rings (SSSR count). The fourth-order valence-electron chi connectivity index (χ4n) is 0.756. The summed E-state index contributed by atoms with van der Waals surface area (Å²) >= 11 is -2.22. The Kier molecular flexibility index (Phi) is 5.45. The summed E-state index contributed by atoms with van der Waals surface area (Å²) in [4.78, 5) is 0.190. The first-order chi connectivity index (χ1) is 5.25. The van der Waals surface area contributed by atoms with Crippen LogP contribution in [0.3, 0.4) is 0 Å². The van der Waals surface area contributed by atoms with Gasteiger partial charge in [-0.15, -0.1) is 0 Å². The van der Waals surface area contributed by atoms with E-state index in [9.17, 15) is 8.76 Å². The van der Waals surface area contributed by atoms with Gasteiger partial charge in [0, 0.05) is 0 Å². The molecule has 1 aromatic rings. The molecule has 0 aromatic heterocycles. The normalized spacial score (nSPS) is 11.5. The van der Waals surface area contributed by atoms with Crippen molar-refractivity contribution in [3.05, 3.63) is 24.3 Å². The van der Waals surface area contributed by atoms with Gasteiger partial charge in [-0.1, -0.05) is 12.1 Å². The van der Waals surface area contributed by atoms with Crippen molar-refractivity contribution in [3.63, 3.8) is 0 Å². The molecule has 0 amide bonds. The largest absolute Gasteiger partial charge is 1.00 e. The van der Waals surface area contributed by atoms with E-state index < -0.39 is 11.1 Å². The molecule has 12 heavy (non-hydrogen) atoms. The molecule has 0 spiro atoms. The number of rotatable bonds is 2. The molecule has 0 aliphatic rings. The van der Waals surface area contributed by atoms with Crippen LogP contribution in [0, 0.1) is 0 Å². The van der Waals surface area contributed by atoms with E-state index in [2.05, 4.69) is 0 Å². The summed E-state index contributed by atoms with van der Waals surface area (Å²) in [6.45, 7) is 0. The van der Waals surface area contributed by atoms with Gasteiger partial charge in [-0.2, -0.15) is 0 Å². The van der Waals surface area contributed by atoms with Gasteiger partial charge in [0.2, 0.25) is 0 Å². The molecule has 0 saturated heterocycles. The second kappa shape index (κ2) is 5.50. The minimum atomic E-state index is -2.22. The van der Waals surface area contributed by atoms with Gasteiger partial charge in [-0.05, 0) is 23.2 Å². The maximum absolute atomic E-state index is 10.5. The molecule has 0 saturated carbocycles. The Morgan fingerprint density at radius 2 is 2.00 bits per heavy atom. The molecule has 70 valence electrons. The predicted molar refractivity (Wildman–Crippen MR) is 40.2 cm³/mol. The third kappa shape index (κ3) is 2.73. The van der Waals surface area contributed by atoms with Crippen LogP contribution in [0.5, 0.6) is 5.75 Å². The second-order valence-corrected chi connectivity index (χ2v) is 2.79. The summed E-state index contributed by atoms with van der Waals surface area (Å²) in [5.41, 5.74) is 0. The minimum Gasteiger partial charge on any atom is -0.768 e. The van der Waals surface area contributed by atoms with Gasteiger partial charge in [0.15, 0.2) is 0 Å². The number of methoxy groups -OCH3 is 1. The second-order valence-electron chi connectivity index (χ2n) is 1.89. The van der Waals surface area contributed by atoms with Crippen LogP contribution in [0.15, 0.2) is 29.2 Å². The molecule has 1 atom stereocenters. The molecule has 3 nitrogen and oxygen atoms in total. The van der Waals surface area contributed by atoms with Crippen LogP contribution < -0.4 is 4.74 Å². The fourth-order valence-corrected chi connectivity index (χ4v) is 1.26. The molecule has 0 radical (unpaired) electrons. The summed E-state index contributed by atoms with van der Waals surface area (Å²) in [6, 6.07) is 6.45. The quantitative estimate of drug-likeness (QED) is 0.597. The monoisotopic (exact) mass is 278 g/mol. The summed E-state index contributed by atoms with van der Waals surface area (Å²) < 4.78 is 25.8. The van der Waals surface area contributed by atoms with E-state index in [1.165, 1.54) is 13.2 Å². The minimum absolute atomic E-state index is 0. The van der Waals surface area contributed by atoms with E-state index in [0.717, 1.165) is 0 Å². The van der Waals surface area contributed by atoms with Crippen molar-refractivity contribution in [2.45, 2.75) is 4.90 Å². The van der Waals surface area contributed by atoms with Gasteiger partial charge >= 0.3 is 22.4 Å². The maximum Gasteiger partial charge on any atom is 1.00 e. The molecule has 0 aliphatic heterocycles. The standard InChI is InChI=1S/C7H8O3S.Ag/c1-10-6-4-2-3-5-7(6)11(8)9;/h2-5H,1H3,(H,8,9);/q;+1/p-1. The zero-order chi connectivity index (χ0) is 8.27. The molecule has 0 heterocycles. The number of benzene rings is 1. The van der Waals surface area contributed by atoms with Gasteiger partial charge in [0.05, 0.1) is 12.0 Å². The number of para-hydroxylation sites is 1. The first-order valence-corrected chi connectivity index (χ1v) is 4.05. The van der Waals surface area contributed by atoms with Crippen LogP contribution in [0.25, 0.3) is 0 Å². The molecule has 0 aliphatic carbocycles. The van der Waals surface area contributed by atoms with E-state index in [-0.39, 0.29) is 27.3 Å². The Bertz CT molecular complexity index is 277. The predicted octanol–water partition coefficient (Wildman–Crippen LogP) is 0.931. The average Bonchev–Trinajstić information content (AvgIpc) is 2.04. The van der Waals surface area contributed by atoms with Crippen molar-refractivity contribution in [3.8, 4) is 5.75 Å². The number of hydrogen-bond donors (Lipinski definition) is 0. The Morgan fingerprint density at radius 1 is 1.42 bits per heavy atom.